The number of nitrogens with zero attached hydrogens (tertiary/aromatic N) is 4. The number of aromatic nitrogens is 1. The van der Waals surface area contributed by atoms with Gasteiger partial charge in [0.15, 0.2) is 5.01 Å². The average Bonchev–Trinajstić information content (AvgIpc) is 3.68. The first-order chi connectivity index (χ1) is 22.4. The number of sulfonamides is 1. The lowest BCUT2D eigenvalue weighted by molar-refractivity contribution is -0.143. The van der Waals surface area contributed by atoms with Gasteiger partial charge in [0, 0.05) is 60.7 Å². The van der Waals surface area contributed by atoms with Crippen molar-refractivity contribution in [1.82, 2.24) is 29.7 Å². The van der Waals surface area contributed by atoms with E-state index < -0.39 is 34.0 Å². The van der Waals surface area contributed by atoms with E-state index in [2.05, 4.69) is 25.3 Å². The summed E-state index contributed by atoms with van der Waals surface area (Å²) >= 11 is 2.36. The number of amidine groups is 1. The molecule has 5 rings (SSSR count). The Morgan fingerprint density at radius 3 is 2.66 bits per heavy atom. The standard InChI is InChI=1S/C29H35N7O8S3/c1-4-44-24(38)14-31-23(37)13-19-15-35(9-10-36(19)28(39)27-32-20-7-8-34(2)16-22(20)46-27)47(41,42)25-12-18-11-17(5-6-21(18)45-25)26(30)33-29(40)43-3/h5-6,11-12,19H,4,7-10,13-16H2,1-3H3,(H,31,37)(H2,30,33,40). The van der Waals surface area contributed by atoms with Crippen LogP contribution in [0.15, 0.2) is 28.5 Å². The number of methoxy groups -OCH3 is 1. The number of piperazine rings is 1. The first kappa shape index (κ1) is 34.4. The van der Waals surface area contributed by atoms with Crippen LogP contribution in [-0.2, 0) is 42.1 Å². The van der Waals surface area contributed by atoms with Gasteiger partial charge < -0.3 is 24.6 Å². The fourth-order valence-corrected chi connectivity index (χ4v) is 9.49. The van der Waals surface area contributed by atoms with E-state index in [1.165, 1.54) is 33.7 Å². The fraction of sp³-hybridized carbons (Fsp3) is 0.448. The molecule has 15 nitrogen and oxygen atoms in total. The molecule has 1 saturated heterocycles. The third kappa shape index (κ3) is 7.78. The summed E-state index contributed by atoms with van der Waals surface area (Å²) in [5.41, 5.74) is 1.24. The number of fused-ring (bicyclic) bond motifs is 2. The fourth-order valence-electron chi connectivity index (χ4n) is 5.35. The number of carbonyl (C=O) groups is 4. The molecule has 1 fully saturated rings. The van der Waals surface area contributed by atoms with Gasteiger partial charge in [0.25, 0.3) is 15.9 Å². The molecular formula is C29H35N7O8S3. The molecule has 0 radical (unpaired) electrons. The third-order valence-corrected chi connectivity index (χ3v) is 12.3. The molecule has 252 valence electrons. The number of hydrogen-bond acceptors (Lipinski definition) is 13. The van der Waals surface area contributed by atoms with Gasteiger partial charge in [-0.05, 0) is 43.6 Å². The topological polar surface area (TPSA) is 191 Å². The normalized spacial score (nSPS) is 17.2. The molecule has 3 N–H and O–H groups in total. The highest BCUT2D eigenvalue weighted by Gasteiger charge is 2.39. The Morgan fingerprint density at radius 2 is 1.91 bits per heavy atom. The molecule has 0 spiro atoms. The van der Waals surface area contributed by atoms with Gasteiger partial charge in [0.05, 0.1) is 25.5 Å². The van der Waals surface area contributed by atoms with Crippen molar-refractivity contribution in [2.45, 2.75) is 36.6 Å². The first-order valence-corrected chi connectivity index (χ1v) is 17.8. The van der Waals surface area contributed by atoms with Gasteiger partial charge >= 0.3 is 12.1 Å². The van der Waals surface area contributed by atoms with Crippen molar-refractivity contribution in [3.63, 3.8) is 0 Å². The number of alkyl carbamates (subject to hydrolysis) is 1. The Bertz CT molecular complexity index is 1820. The summed E-state index contributed by atoms with van der Waals surface area (Å²) in [5, 5.41) is 13.8. The van der Waals surface area contributed by atoms with Gasteiger partial charge in [-0.15, -0.1) is 22.7 Å². The minimum atomic E-state index is -4.06. The molecule has 47 heavy (non-hydrogen) atoms. The molecule has 0 bridgehead atoms. The number of carbonyl (C=O) groups excluding carboxylic acids is 4. The zero-order chi connectivity index (χ0) is 33.9. The molecule has 18 heteroatoms. The summed E-state index contributed by atoms with van der Waals surface area (Å²) in [4.78, 5) is 59.3. The largest absolute Gasteiger partial charge is 0.465 e. The number of likely N-dealkylation sites (N-methyl/N-ethyl adjacent to an activating group) is 1. The maximum atomic E-state index is 13.9. The second-order valence-corrected chi connectivity index (χ2v) is 15.3. The second kappa shape index (κ2) is 14.4. The Morgan fingerprint density at radius 1 is 1.13 bits per heavy atom. The molecule has 1 unspecified atom stereocenters. The van der Waals surface area contributed by atoms with Crippen LogP contribution in [-0.4, -0.2) is 117 Å². The second-order valence-electron chi connectivity index (χ2n) is 11.0. The number of amides is 3. The van der Waals surface area contributed by atoms with E-state index in [1.54, 1.807) is 25.1 Å². The van der Waals surface area contributed by atoms with E-state index in [-0.39, 0.29) is 55.2 Å². The number of esters is 1. The van der Waals surface area contributed by atoms with Crippen molar-refractivity contribution >= 4 is 72.5 Å². The van der Waals surface area contributed by atoms with E-state index >= 15 is 0 Å². The number of hydrogen-bond donors (Lipinski definition) is 3. The lowest BCUT2D eigenvalue weighted by Gasteiger charge is -2.40. The van der Waals surface area contributed by atoms with Crippen LogP contribution in [0.3, 0.4) is 0 Å². The summed E-state index contributed by atoms with van der Waals surface area (Å²) in [6.45, 7) is 2.85. The number of thiazole rings is 1. The Kier molecular flexibility index (Phi) is 10.5. The van der Waals surface area contributed by atoms with Crippen LogP contribution in [0.25, 0.3) is 10.1 Å². The van der Waals surface area contributed by atoms with Crippen molar-refractivity contribution in [1.29, 1.82) is 5.41 Å². The van der Waals surface area contributed by atoms with E-state index in [9.17, 15) is 27.6 Å². The smallest absolute Gasteiger partial charge is 0.412 e. The van der Waals surface area contributed by atoms with Gasteiger partial charge in [-0.1, -0.05) is 0 Å². The minimum absolute atomic E-state index is 0.00393. The third-order valence-electron chi connectivity index (χ3n) is 7.76. The molecular weight excluding hydrogens is 671 g/mol. The summed E-state index contributed by atoms with van der Waals surface area (Å²) in [7, 11) is -0.877. The molecule has 2 aromatic heterocycles. The number of benzene rings is 1. The average molecular weight is 706 g/mol. The van der Waals surface area contributed by atoms with Gasteiger partial charge in [0.2, 0.25) is 5.91 Å². The molecule has 1 aromatic carbocycles. The highest BCUT2D eigenvalue weighted by atomic mass is 32.2. The lowest BCUT2D eigenvalue weighted by Crippen LogP contribution is -2.57. The van der Waals surface area contributed by atoms with Gasteiger partial charge in [-0.3, -0.25) is 25.1 Å². The molecule has 3 amide bonds. The molecule has 2 aliphatic rings. The van der Waals surface area contributed by atoms with E-state index in [0.717, 1.165) is 34.9 Å². The van der Waals surface area contributed by atoms with Crippen molar-refractivity contribution in [2.24, 2.45) is 0 Å². The molecule has 4 heterocycles. The van der Waals surface area contributed by atoms with E-state index in [0.29, 0.717) is 27.2 Å². The van der Waals surface area contributed by atoms with Crippen molar-refractivity contribution in [2.75, 3.05) is 53.5 Å². The molecule has 2 aliphatic heterocycles. The highest BCUT2D eigenvalue weighted by Crippen LogP contribution is 2.33. The molecule has 1 atom stereocenters. The van der Waals surface area contributed by atoms with Crippen LogP contribution < -0.4 is 10.6 Å². The van der Waals surface area contributed by atoms with Crippen LogP contribution in [0.5, 0.6) is 0 Å². The molecule has 0 aliphatic carbocycles. The predicted molar refractivity (Wildman–Crippen MR) is 174 cm³/mol. The highest BCUT2D eigenvalue weighted by molar-refractivity contribution is 7.91. The number of thiophene rings is 1. The Labute approximate surface area is 279 Å². The van der Waals surface area contributed by atoms with Crippen molar-refractivity contribution < 1.29 is 37.1 Å². The quantitative estimate of drug-likeness (QED) is 0.168. The number of ether oxygens (including phenoxy) is 2. The zero-order valence-corrected chi connectivity index (χ0v) is 28.5. The van der Waals surface area contributed by atoms with Crippen LogP contribution in [0.2, 0.25) is 0 Å². The zero-order valence-electron chi connectivity index (χ0n) is 26.0. The summed E-state index contributed by atoms with van der Waals surface area (Å²) in [6.07, 6.45) is -0.315. The first-order valence-electron chi connectivity index (χ1n) is 14.8. The number of rotatable bonds is 9. The van der Waals surface area contributed by atoms with E-state index in [4.69, 9.17) is 10.1 Å². The summed E-state index contributed by atoms with van der Waals surface area (Å²) in [5.74, 6) is -1.71. The number of nitrogens with one attached hydrogen (secondary N) is 3. The van der Waals surface area contributed by atoms with Crippen molar-refractivity contribution in [3.05, 3.63) is 45.4 Å². The summed E-state index contributed by atoms with van der Waals surface area (Å²) < 4.78 is 39.2. The van der Waals surface area contributed by atoms with Crippen LogP contribution in [0.1, 0.15) is 39.3 Å². The Hall–Kier alpha value is -3.97. The minimum Gasteiger partial charge on any atom is -0.465 e. The monoisotopic (exact) mass is 705 g/mol. The lowest BCUT2D eigenvalue weighted by atomic mass is 10.1. The molecule has 0 saturated carbocycles. The van der Waals surface area contributed by atoms with Crippen LogP contribution in [0.4, 0.5) is 4.79 Å². The van der Waals surface area contributed by atoms with Gasteiger partial charge in [-0.2, -0.15) is 4.31 Å². The SMILES string of the molecule is CCOC(=O)CNC(=O)CC1CN(S(=O)(=O)c2cc3cc(C(=N)NC(=O)OC)ccc3s2)CCN1C(=O)c1nc2c(s1)CN(C)CC2. The summed E-state index contributed by atoms with van der Waals surface area (Å²) in [6, 6.07) is 5.53. The molecule has 3 aromatic rings. The van der Waals surface area contributed by atoms with Crippen LogP contribution in [0, 0.1) is 5.41 Å². The van der Waals surface area contributed by atoms with Gasteiger partial charge in [-0.25, -0.2) is 18.2 Å². The van der Waals surface area contributed by atoms with Crippen LogP contribution >= 0.6 is 22.7 Å². The maximum absolute atomic E-state index is 13.9. The van der Waals surface area contributed by atoms with Crippen molar-refractivity contribution in [3.8, 4) is 0 Å². The van der Waals surface area contributed by atoms with Gasteiger partial charge in [0.1, 0.15) is 16.6 Å². The van der Waals surface area contributed by atoms with E-state index in [1.807, 2.05) is 7.05 Å². The predicted octanol–water partition coefficient (Wildman–Crippen LogP) is 1.61. The Balaban J connectivity index is 1.37. The maximum Gasteiger partial charge on any atom is 0.412 e.